The molecule has 0 unspecified atom stereocenters. The van der Waals surface area contributed by atoms with Crippen LogP contribution in [0.15, 0.2) is 146 Å². The molecule has 2 nitrogen and oxygen atoms in total. The minimum absolute atomic E-state index is 0.000201. The Morgan fingerprint density at radius 3 is 1.85 bits per heavy atom. The number of rotatable bonds is 2. The van der Waals surface area contributed by atoms with Crippen LogP contribution >= 0.6 is 0 Å². The highest BCUT2D eigenvalue weighted by Crippen LogP contribution is 2.59. The SMILES string of the molecule is Cc1cc2c3c(c1)N1c4ccccc4C(c4ccccc4)(c4ccccc4)c4cccc(c41)B3n1c3ccc(C(C)(C)C)cc3c3cc(C(C)(C)C)cc-2c31. The Kier molecular flexibility index (Phi) is 6.47. The summed E-state index contributed by atoms with van der Waals surface area (Å²) < 4.78 is 2.72. The van der Waals surface area contributed by atoms with Crippen molar-refractivity contribution in [3.05, 3.63) is 185 Å². The van der Waals surface area contributed by atoms with E-state index in [0.717, 1.165) is 0 Å². The summed E-state index contributed by atoms with van der Waals surface area (Å²) in [6.45, 7) is 16.3. The third-order valence-corrected chi connectivity index (χ3v) is 12.9. The molecule has 1 aromatic heterocycles. The predicted molar refractivity (Wildman–Crippen MR) is 234 cm³/mol. The van der Waals surface area contributed by atoms with Crippen LogP contribution in [0.3, 0.4) is 0 Å². The Morgan fingerprint density at radius 1 is 0.527 bits per heavy atom. The maximum Gasteiger partial charge on any atom is 0.333 e. The van der Waals surface area contributed by atoms with Gasteiger partial charge in [-0.2, -0.15) is 0 Å². The number of anilines is 3. The second-order valence-electron chi connectivity index (χ2n) is 18.2. The van der Waals surface area contributed by atoms with Gasteiger partial charge in [-0.05, 0) is 110 Å². The summed E-state index contributed by atoms with van der Waals surface area (Å²) in [6.07, 6.45) is 0. The van der Waals surface area contributed by atoms with Crippen molar-refractivity contribution in [3.8, 4) is 11.1 Å². The fraction of sp³-hybridized carbons (Fsp3) is 0.192. The van der Waals surface area contributed by atoms with Crippen molar-refractivity contribution in [2.45, 2.75) is 64.7 Å². The molecule has 3 heteroatoms. The highest BCUT2D eigenvalue weighted by atomic mass is 15.2. The molecule has 11 rings (SSSR count). The Morgan fingerprint density at radius 2 is 1.16 bits per heavy atom. The Bertz CT molecular complexity index is 2860. The number of para-hydroxylation sites is 2. The van der Waals surface area contributed by atoms with Gasteiger partial charge >= 0.3 is 6.85 Å². The zero-order valence-electron chi connectivity index (χ0n) is 32.8. The number of nitrogens with zero attached hydrogens (tertiary/aromatic N) is 2. The third kappa shape index (κ3) is 4.22. The van der Waals surface area contributed by atoms with Crippen molar-refractivity contribution in [2.75, 3.05) is 4.90 Å². The van der Waals surface area contributed by atoms with Gasteiger partial charge in [0.15, 0.2) is 0 Å². The van der Waals surface area contributed by atoms with Crippen molar-refractivity contribution in [1.82, 2.24) is 4.48 Å². The fourth-order valence-electron chi connectivity index (χ4n) is 10.5. The Hall–Kier alpha value is -5.80. The molecule has 266 valence electrons. The third-order valence-electron chi connectivity index (χ3n) is 12.9. The average Bonchev–Trinajstić information content (AvgIpc) is 3.51. The van der Waals surface area contributed by atoms with Gasteiger partial charge in [-0.3, -0.25) is 0 Å². The van der Waals surface area contributed by atoms with Crippen LogP contribution in [0, 0.1) is 6.92 Å². The maximum absolute atomic E-state index is 2.72. The molecule has 0 fully saturated rings. The Balaban J connectivity index is 1.33. The zero-order chi connectivity index (χ0) is 37.6. The van der Waals surface area contributed by atoms with Gasteiger partial charge in [0.1, 0.15) is 0 Å². The van der Waals surface area contributed by atoms with E-state index in [0.29, 0.717) is 0 Å². The van der Waals surface area contributed by atoms with Gasteiger partial charge in [0.25, 0.3) is 0 Å². The maximum atomic E-state index is 2.72. The van der Waals surface area contributed by atoms with E-state index in [1.165, 1.54) is 99.9 Å². The molecule has 55 heavy (non-hydrogen) atoms. The minimum Gasteiger partial charge on any atom is -0.375 e. The lowest BCUT2D eigenvalue weighted by atomic mass is 9.43. The predicted octanol–water partition coefficient (Wildman–Crippen LogP) is 11.8. The first-order valence-corrected chi connectivity index (χ1v) is 19.9. The second kappa shape index (κ2) is 10.9. The number of fused-ring (bicyclic) bond motifs is 9. The van der Waals surface area contributed by atoms with Crippen molar-refractivity contribution in [1.29, 1.82) is 0 Å². The summed E-state index contributed by atoms with van der Waals surface area (Å²) in [5.74, 6) is 0. The molecule has 0 atom stereocenters. The highest BCUT2D eigenvalue weighted by Gasteiger charge is 2.52. The minimum atomic E-state index is -0.519. The van der Waals surface area contributed by atoms with Gasteiger partial charge in [-0.25, -0.2) is 0 Å². The summed E-state index contributed by atoms with van der Waals surface area (Å²) in [5.41, 5.74) is 20.7. The molecular weight excluding hydrogens is 663 g/mol. The van der Waals surface area contributed by atoms with Gasteiger partial charge < -0.3 is 9.38 Å². The number of benzene rings is 7. The standard InChI is InChI=1S/C52H45BN2/c1-32-27-38-40-31-36(51(5,6)7)30-39-37-29-35(50(2,3)4)25-26-44(37)55(48(39)40)53-43-23-16-22-42-49(43)54(46(28-32)47(38)53)45-24-15-14-21-41(45)52(42,33-17-10-8-11-18-33)34-19-12-9-13-20-34/h8-31H,1-7H3. The monoisotopic (exact) mass is 708 g/mol. The fourth-order valence-corrected chi connectivity index (χ4v) is 10.5. The molecule has 3 aliphatic heterocycles. The first-order chi connectivity index (χ1) is 26.5. The van der Waals surface area contributed by atoms with Gasteiger partial charge in [0, 0.05) is 38.7 Å². The molecular formula is C52H45BN2. The van der Waals surface area contributed by atoms with E-state index >= 15 is 0 Å². The van der Waals surface area contributed by atoms with Crippen LogP contribution in [0.2, 0.25) is 0 Å². The van der Waals surface area contributed by atoms with Crippen LogP contribution in [0.5, 0.6) is 0 Å². The summed E-state index contributed by atoms with van der Waals surface area (Å²) in [5, 5.41) is 2.71. The van der Waals surface area contributed by atoms with Crippen LogP contribution in [0.4, 0.5) is 17.1 Å². The number of hydrogen-bond donors (Lipinski definition) is 0. The van der Waals surface area contributed by atoms with Crippen LogP contribution < -0.4 is 15.8 Å². The van der Waals surface area contributed by atoms with Gasteiger partial charge in [0.05, 0.1) is 11.1 Å². The topological polar surface area (TPSA) is 8.17 Å². The lowest BCUT2D eigenvalue weighted by molar-refractivity contribution is 0.590. The smallest absolute Gasteiger partial charge is 0.333 e. The number of aryl methyl sites for hydroxylation is 1. The normalized spacial score (nSPS) is 14.9. The van der Waals surface area contributed by atoms with Crippen LogP contribution in [0.1, 0.15) is 80.5 Å². The first kappa shape index (κ1) is 32.6. The van der Waals surface area contributed by atoms with E-state index < -0.39 is 5.41 Å². The first-order valence-electron chi connectivity index (χ1n) is 19.9. The molecule has 0 saturated carbocycles. The Labute approximate surface area is 325 Å². The van der Waals surface area contributed by atoms with Crippen molar-refractivity contribution in [3.63, 3.8) is 0 Å². The van der Waals surface area contributed by atoms with E-state index in [4.69, 9.17) is 0 Å². The largest absolute Gasteiger partial charge is 0.375 e. The summed E-state index contributed by atoms with van der Waals surface area (Å²) in [6, 6.07) is 56.0. The van der Waals surface area contributed by atoms with Crippen LogP contribution in [0.25, 0.3) is 32.9 Å². The highest BCUT2D eigenvalue weighted by molar-refractivity contribution is 6.90. The molecule has 4 heterocycles. The molecule has 0 saturated heterocycles. The van der Waals surface area contributed by atoms with Gasteiger partial charge in [-0.1, -0.05) is 151 Å². The second-order valence-corrected chi connectivity index (χ2v) is 18.2. The molecule has 0 radical (unpaired) electrons. The summed E-state index contributed by atoms with van der Waals surface area (Å²) in [4.78, 5) is 2.63. The summed E-state index contributed by atoms with van der Waals surface area (Å²) in [7, 11) is 0. The molecule has 8 aromatic rings. The van der Waals surface area contributed by atoms with Crippen molar-refractivity contribution in [2.24, 2.45) is 0 Å². The van der Waals surface area contributed by atoms with Crippen molar-refractivity contribution < 1.29 is 0 Å². The van der Waals surface area contributed by atoms with E-state index in [-0.39, 0.29) is 17.7 Å². The average molecular weight is 709 g/mol. The summed E-state index contributed by atoms with van der Waals surface area (Å²) >= 11 is 0. The molecule has 0 bridgehead atoms. The van der Waals surface area contributed by atoms with E-state index in [2.05, 4.69) is 203 Å². The lowest BCUT2D eigenvalue weighted by Gasteiger charge is -2.50. The number of aromatic nitrogens is 1. The quantitative estimate of drug-likeness (QED) is 0.162. The van der Waals surface area contributed by atoms with E-state index in [1.807, 2.05) is 0 Å². The molecule has 0 spiro atoms. The van der Waals surface area contributed by atoms with Crippen LogP contribution in [-0.2, 0) is 16.2 Å². The molecule has 0 aliphatic carbocycles. The van der Waals surface area contributed by atoms with Crippen LogP contribution in [-0.4, -0.2) is 11.3 Å². The van der Waals surface area contributed by atoms with Gasteiger partial charge in [0.2, 0.25) is 0 Å². The molecule has 3 aliphatic rings. The molecule has 7 aromatic carbocycles. The van der Waals surface area contributed by atoms with E-state index in [9.17, 15) is 0 Å². The van der Waals surface area contributed by atoms with Crippen molar-refractivity contribution >= 4 is 56.6 Å². The van der Waals surface area contributed by atoms with Gasteiger partial charge in [-0.15, -0.1) is 0 Å². The number of hydrogen-bond acceptors (Lipinski definition) is 1. The molecule has 0 amide bonds. The lowest BCUT2D eigenvalue weighted by Crippen LogP contribution is -2.58. The molecule has 0 N–H and O–H groups in total. The van der Waals surface area contributed by atoms with E-state index in [1.54, 1.807) is 0 Å². The zero-order valence-corrected chi connectivity index (χ0v) is 32.8.